The first kappa shape index (κ1) is 17.3. The normalized spacial score (nSPS) is 13.1. The van der Waals surface area contributed by atoms with Crippen LogP contribution in [-0.2, 0) is 14.6 Å². The van der Waals surface area contributed by atoms with Gasteiger partial charge in [0.2, 0.25) is 0 Å². The third-order valence-corrected chi connectivity index (χ3v) is 3.37. The number of hydrogen-bond donors (Lipinski definition) is 1. The fourth-order valence-electron chi connectivity index (χ4n) is 1.16. The van der Waals surface area contributed by atoms with Crippen LogP contribution in [0.5, 0.6) is 0 Å². The topological polar surface area (TPSA) is 63.2 Å². The summed E-state index contributed by atoms with van der Waals surface area (Å²) in [6, 6.07) is 1.72. The Kier molecular flexibility index (Phi) is 4.28. The lowest BCUT2D eigenvalue weighted by Gasteiger charge is -2.19. The second-order valence-electron chi connectivity index (χ2n) is 3.94. The second kappa shape index (κ2) is 5.20. The molecule has 0 aromatic heterocycles. The van der Waals surface area contributed by atoms with Crippen molar-refractivity contribution in [2.75, 3.05) is 11.6 Å². The van der Waals surface area contributed by atoms with Gasteiger partial charge in [-0.05, 0) is 18.2 Å². The Morgan fingerprint density at radius 3 is 2.10 bits per heavy atom. The van der Waals surface area contributed by atoms with E-state index in [1.807, 2.05) is 0 Å². The van der Waals surface area contributed by atoms with Crippen molar-refractivity contribution in [3.05, 3.63) is 24.0 Å². The van der Waals surface area contributed by atoms with Crippen molar-refractivity contribution in [3.8, 4) is 0 Å². The molecule has 1 aromatic carbocycles. The smallest absolute Gasteiger partial charge is 0.318 e. The van der Waals surface area contributed by atoms with Crippen molar-refractivity contribution < 1.29 is 39.6 Å². The quantitative estimate of drug-likeness (QED) is 0.681. The summed E-state index contributed by atoms with van der Waals surface area (Å²) in [5, 5.41) is 1.02. The summed E-state index contributed by atoms with van der Waals surface area (Å²) >= 11 is 0. The zero-order chi connectivity index (χ0) is 16.6. The molecule has 0 aliphatic rings. The summed E-state index contributed by atoms with van der Waals surface area (Å²) < 4.78 is 96.9. The first-order valence-corrected chi connectivity index (χ1v) is 6.91. The lowest BCUT2D eigenvalue weighted by molar-refractivity contribution is -0.267. The molecule has 0 saturated heterocycles. The minimum atomic E-state index is -6.16. The molecule has 1 rings (SSSR count). The molecule has 21 heavy (non-hydrogen) atoms. The van der Waals surface area contributed by atoms with E-state index in [4.69, 9.17) is 0 Å². The molecule has 0 heterocycles. The van der Waals surface area contributed by atoms with Crippen molar-refractivity contribution in [3.63, 3.8) is 0 Å². The number of sulfone groups is 1. The lowest BCUT2D eigenvalue weighted by atomic mass is 10.2. The van der Waals surface area contributed by atoms with Crippen LogP contribution in [0.2, 0.25) is 0 Å². The summed E-state index contributed by atoms with van der Waals surface area (Å²) in [4.78, 5) is 10.3. The number of alkyl halides is 5. The van der Waals surface area contributed by atoms with Crippen LogP contribution >= 0.6 is 0 Å². The Bertz CT molecular complexity index is 668. The SMILES string of the molecule is CS(=O)(=O)c1ccc(F)c(NC(=O)C(F)(F)C(F)(F)F)c1. The van der Waals surface area contributed by atoms with Crippen molar-refractivity contribution in [2.45, 2.75) is 17.0 Å². The number of nitrogens with one attached hydrogen (secondary N) is 1. The fraction of sp³-hybridized carbons (Fsp3) is 0.300. The molecular formula is C10H7F6NO3S. The van der Waals surface area contributed by atoms with Crippen LogP contribution in [0.25, 0.3) is 0 Å². The van der Waals surface area contributed by atoms with Gasteiger partial charge in [-0.15, -0.1) is 0 Å². The molecule has 118 valence electrons. The third kappa shape index (κ3) is 3.65. The highest BCUT2D eigenvalue weighted by Crippen LogP contribution is 2.36. The Balaban J connectivity index is 3.18. The van der Waals surface area contributed by atoms with Gasteiger partial charge in [0.15, 0.2) is 9.84 Å². The first-order valence-electron chi connectivity index (χ1n) is 5.02. The predicted octanol–water partition coefficient (Wildman–Crippen LogP) is 2.37. The average molecular weight is 335 g/mol. The molecule has 1 aromatic rings. The molecular weight excluding hydrogens is 328 g/mol. The molecule has 0 aliphatic carbocycles. The highest BCUT2D eigenvalue weighted by Gasteiger charge is 2.63. The van der Waals surface area contributed by atoms with E-state index in [2.05, 4.69) is 0 Å². The Morgan fingerprint density at radius 2 is 1.67 bits per heavy atom. The highest BCUT2D eigenvalue weighted by atomic mass is 32.2. The Morgan fingerprint density at radius 1 is 1.14 bits per heavy atom. The Hall–Kier alpha value is -1.78. The summed E-state index contributed by atoms with van der Waals surface area (Å²) in [5.41, 5.74) is -1.10. The van der Waals surface area contributed by atoms with E-state index in [0.29, 0.717) is 18.4 Å². The zero-order valence-corrected chi connectivity index (χ0v) is 10.9. The van der Waals surface area contributed by atoms with Crippen LogP contribution in [0.1, 0.15) is 0 Å². The summed E-state index contributed by atoms with van der Waals surface area (Å²) in [7, 11) is -3.87. The number of halogens is 6. The number of carbonyl (C=O) groups is 1. The minimum Gasteiger partial charge on any atom is -0.318 e. The van der Waals surface area contributed by atoms with E-state index >= 15 is 0 Å². The molecule has 0 atom stereocenters. The van der Waals surface area contributed by atoms with Gasteiger partial charge >= 0.3 is 18.0 Å². The van der Waals surface area contributed by atoms with Crippen LogP contribution < -0.4 is 5.32 Å². The Labute approximate surface area is 114 Å². The minimum absolute atomic E-state index is 0.440. The van der Waals surface area contributed by atoms with E-state index < -0.39 is 44.2 Å². The third-order valence-electron chi connectivity index (χ3n) is 2.26. The van der Waals surface area contributed by atoms with Gasteiger partial charge < -0.3 is 5.32 Å². The van der Waals surface area contributed by atoms with Crippen LogP contribution in [-0.4, -0.2) is 32.7 Å². The van der Waals surface area contributed by atoms with Crippen LogP contribution in [0, 0.1) is 5.82 Å². The van der Waals surface area contributed by atoms with Gasteiger partial charge in [0.25, 0.3) is 0 Å². The molecule has 0 bridgehead atoms. The van der Waals surface area contributed by atoms with Gasteiger partial charge in [0, 0.05) is 6.26 Å². The molecule has 0 unspecified atom stereocenters. The highest BCUT2D eigenvalue weighted by molar-refractivity contribution is 7.90. The van der Waals surface area contributed by atoms with Crippen molar-refractivity contribution in [2.24, 2.45) is 0 Å². The van der Waals surface area contributed by atoms with Gasteiger partial charge in [-0.25, -0.2) is 12.8 Å². The van der Waals surface area contributed by atoms with E-state index in [9.17, 15) is 39.6 Å². The maximum absolute atomic E-state index is 13.3. The fourth-order valence-corrected chi connectivity index (χ4v) is 1.81. The van der Waals surface area contributed by atoms with Gasteiger partial charge in [0.05, 0.1) is 10.6 Å². The molecule has 1 N–H and O–H groups in total. The first-order chi connectivity index (χ1) is 9.26. The van der Waals surface area contributed by atoms with E-state index in [-0.39, 0.29) is 0 Å². The van der Waals surface area contributed by atoms with E-state index in [1.165, 1.54) is 0 Å². The van der Waals surface area contributed by atoms with Crippen LogP contribution in [0.3, 0.4) is 0 Å². The maximum Gasteiger partial charge on any atom is 0.463 e. The molecule has 0 aliphatic heterocycles. The van der Waals surface area contributed by atoms with Crippen LogP contribution in [0.4, 0.5) is 32.0 Å². The van der Waals surface area contributed by atoms with Crippen LogP contribution in [0.15, 0.2) is 23.1 Å². The number of hydrogen-bond acceptors (Lipinski definition) is 3. The molecule has 0 radical (unpaired) electrons. The molecule has 0 saturated carbocycles. The number of anilines is 1. The molecule has 4 nitrogen and oxygen atoms in total. The van der Waals surface area contributed by atoms with E-state index in [0.717, 1.165) is 11.4 Å². The van der Waals surface area contributed by atoms with Gasteiger partial charge in [0.1, 0.15) is 5.82 Å². The number of carbonyl (C=O) groups excluding carboxylic acids is 1. The number of amides is 1. The number of rotatable bonds is 3. The van der Waals surface area contributed by atoms with Gasteiger partial charge in [-0.2, -0.15) is 22.0 Å². The van der Waals surface area contributed by atoms with Crippen molar-refractivity contribution >= 4 is 21.4 Å². The van der Waals surface area contributed by atoms with Gasteiger partial charge in [-0.1, -0.05) is 0 Å². The largest absolute Gasteiger partial charge is 0.463 e. The summed E-state index contributed by atoms with van der Waals surface area (Å²) in [5.74, 6) is -9.94. The molecule has 11 heteroatoms. The maximum atomic E-state index is 13.3. The zero-order valence-electron chi connectivity index (χ0n) is 10.1. The lowest BCUT2D eigenvalue weighted by Crippen LogP contribution is -2.47. The predicted molar refractivity (Wildman–Crippen MR) is 59.1 cm³/mol. The standard InChI is InChI=1S/C10H7F6NO3S/c1-21(19,20)5-2-3-6(11)7(4-5)17-8(18)9(12,13)10(14,15)16/h2-4H,1H3,(H,17,18). The molecule has 0 spiro atoms. The summed E-state index contributed by atoms with van der Waals surface area (Å²) in [6.45, 7) is 0. The van der Waals surface area contributed by atoms with Crippen molar-refractivity contribution in [1.29, 1.82) is 0 Å². The van der Waals surface area contributed by atoms with Crippen molar-refractivity contribution in [1.82, 2.24) is 0 Å². The van der Waals surface area contributed by atoms with E-state index in [1.54, 1.807) is 0 Å². The van der Waals surface area contributed by atoms with Gasteiger partial charge in [-0.3, -0.25) is 4.79 Å². The average Bonchev–Trinajstić information content (AvgIpc) is 2.28. The monoisotopic (exact) mass is 335 g/mol. The number of benzene rings is 1. The second-order valence-corrected chi connectivity index (χ2v) is 5.96. The summed E-state index contributed by atoms with van der Waals surface area (Å²) in [6.07, 6.45) is -5.46. The molecule has 1 amide bonds. The molecule has 0 fully saturated rings.